The third kappa shape index (κ3) is 2.77. The zero-order valence-electron chi connectivity index (χ0n) is 13.4. The maximum Gasteiger partial charge on any atom is 0.228 e. The minimum absolute atomic E-state index is 0.0367. The Bertz CT molecular complexity index is 836. The van der Waals surface area contributed by atoms with E-state index in [2.05, 4.69) is 19.9 Å². The molecule has 0 spiro atoms. The zero-order valence-corrected chi connectivity index (χ0v) is 13.4. The number of carbonyl (C=O) groups excluding carboxylic acids is 1. The molecule has 0 saturated carbocycles. The summed E-state index contributed by atoms with van der Waals surface area (Å²) in [6.07, 6.45) is 2.13. The van der Waals surface area contributed by atoms with Gasteiger partial charge < -0.3 is 9.32 Å². The molecule has 2 aromatic heterocycles. The number of aryl methyl sites for hydroxylation is 1. The number of hydrogen-bond acceptors (Lipinski definition) is 6. The number of aromatic nitrogens is 3. The SMILES string of the molecule is Cc1nonc1CC(=O)N1CCCC(c2nc3ccccc3o2)C1. The minimum atomic E-state index is 0.0367. The first-order valence-electron chi connectivity index (χ1n) is 8.12. The predicted octanol–water partition coefficient (Wildman–Crippen LogP) is 2.47. The first-order valence-corrected chi connectivity index (χ1v) is 8.12. The molecule has 1 aliphatic heterocycles. The fraction of sp³-hybridized carbons (Fsp3) is 0.412. The smallest absolute Gasteiger partial charge is 0.228 e. The van der Waals surface area contributed by atoms with Crippen LogP contribution in [0.15, 0.2) is 33.3 Å². The van der Waals surface area contributed by atoms with Gasteiger partial charge in [0.2, 0.25) is 5.91 Å². The highest BCUT2D eigenvalue weighted by Gasteiger charge is 2.28. The van der Waals surface area contributed by atoms with Gasteiger partial charge in [-0.05, 0) is 31.9 Å². The van der Waals surface area contributed by atoms with Crippen molar-refractivity contribution in [2.75, 3.05) is 13.1 Å². The Morgan fingerprint density at radius 2 is 2.21 bits per heavy atom. The molecule has 3 heterocycles. The summed E-state index contributed by atoms with van der Waals surface area (Å²) in [4.78, 5) is 19.0. The number of nitrogens with zero attached hydrogens (tertiary/aromatic N) is 4. The van der Waals surface area contributed by atoms with Gasteiger partial charge in [0.15, 0.2) is 11.5 Å². The van der Waals surface area contributed by atoms with Crippen molar-refractivity contribution in [1.29, 1.82) is 0 Å². The molecule has 24 heavy (non-hydrogen) atoms. The molecule has 1 saturated heterocycles. The molecule has 1 fully saturated rings. The molecular weight excluding hydrogens is 308 g/mol. The van der Waals surface area contributed by atoms with E-state index in [-0.39, 0.29) is 18.2 Å². The first-order chi connectivity index (χ1) is 11.7. The second kappa shape index (κ2) is 6.07. The molecule has 0 N–H and O–H groups in total. The second-order valence-electron chi connectivity index (χ2n) is 6.17. The van der Waals surface area contributed by atoms with Crippen LogP contribution in [-0.4, -0.2) is 39.2 Å². The molecular formula is C17H18N4O3. The maximum atomic E-state index is 12.5. The van der Waals surface area contributed by atoms with Crippen molar-refractivity contribution >= 4 is 17.0 Å². The van der Waals surface area contributed by atoms with Gasteiger partial charge in [-0.1, -0.05) is 22.4 Å². The van der Waals surface area contributed by atoms with Crippen LogP contribution in [0.3, 0.4) is 0 Å². The molecule has 124 valence electrons. The van der Waals surface area contributed by atoms with Gasteiger partial charge in [0, 0.05) is 13.1 Å². The Hall–Kier alpha value is -2.70. The van der Waals surface area contributed by atoms with Crippen LogP contribution >= 0.6 is 0 Å². The van der Waals surface area contributed by atoms with Crippen molar-refractivity contribution in [3.8, 4) is 0 Å². The molecule has 4 rings (SSSR count). The fourth-order valence-electron chi connectivity index (χ4n) is 3.13. The number of para-hydroxylation sites is 2. The van der Waals surface area contributed by atoms with Crippen molar-refractivity contribution in [3.05, 3.63) is 41.5 Å². The van der Waals surface area contributed by atoms with Crippen molar-refractivity contribution in [1.82, 2.24) is 20.2 Å². The van der Waals surface area contributed by atoms with E-state index in [1.807, 2.05) is 29.2 Å². The molecule has 0 bridgehead atoms. The molecule has 0 radical (unpaired) electrons. The summed E-state index contributed by atoms with van der Waals surface area (Å²) >= 11 is 0. The Morgan fingerprint density at radius 1 is 1.33 bits per heavy atom. The maximum absolute atomic E-state index is 12.5. The van der Waals surface area contributed by atoms with Crippen molar-refractivity contribution < 1.29 is 13.8 Å². The number of rotatable bonds is 3. The average Bonchev–Trinajstić information content (AvgIpc) is 3.21. The topological polar surface area (TPSA) is 85.3 Å². The number of piperidine rings is 1. The number of amides is 1. The molecule has 7 nitrogen and oxygen atoms in total. The van der Waals surface area contributed by atoms with Crippen LogP contribution in [0.25, 0.3) is 11.1 Å². The summed E-state index contributed by atoms with van der Waals surface area (Å²) in [5.41, 5.74) is 2.92. The van der Waals surface area contributed by atoms with Gasteiger partial charge in [-0.3, -0.25) is 4.79 Å². The molecule has 7 heteroatoms. The monoisotopic (exact) mass is 326 g/mol. The molecule has 1 atom stereocenters. The molecule has 1 aromatic carbocycles. The minimum Gasteiger partial charge on any atom is -0.440 e. The van der Waals surface area contributed by atoms with E-state index < -0.39 is 0 Å². The van der Waals surface area contributed by atoms with Gasteiger partial charge in [0.1, 0.15) is 16.9 Å². The zero-order chi connectivity index (χ0) is 16.5. The van der Waals surface area contributed by atoms with Crippen LogP contribution in [-0.2, 0) is 11.2 Å². The number of fused-ring (bicyclic) bond motifs is 1. The van der Waals surface area contributed by atoms with E-state index in [1.54, 1.807) is 6.92 Å². The average molecular weight is 326 g/mol. The fourth-order valence-corrected chi connectivity index (χ4v) is 3.13. The van der Waals surface area contributed by atoms with Gasteiger partial charge in [-0.25, -0.2) is 9.61 Å². The normalized spacial score (nSPS) is 18.2. The van der Waals surface area contributed by atoms with Gasteiger partial charge >= 0.3 is 0 Å². The van der Waals surface area contributed by atoms with Gasteiger partial charge in [0.25, 0.3) is 0 Å². The Balaban J connectivity index is 1.49. The highest BCUT2D eigenvalue weighted by molar-refractivity contribution is 5.78. The van der Waals surface area contributed by atoms with Crippen molar-refractivity contribution in [2.24, 2.45) is 0 Å². The third-order valence-electron chi connectivity index (χ3n) is 4.50. The lowest BCUT2D eigenvalue weighted by molar-refractivity contribution is -0.131. The lowest BCUT2D eigenvalue weighted by Crippen LogP contribution is -2.40. The van der Waals surface area contributed by atoms with Crippen LogP contribution in [0.1, 0.15) is 36.0 Å². The van der Waals surface area contributed by atoms with Crippen LogP contribution in [0, 0.1) is 6.92 Å². The molecule has 3 aromatic rings. The summed E-state index contributed by atoms with van der Waals surface area (Å²) < 4.78 is 10.5. The largest absolute Gasteiger partial charge is 0.440 e. The molecule has 0 aliphatic carbocycles. The summed E-state index contributed by atoms with van der Waals surface area (Å²) in [7, 11) is 0. The standard InChI is InChI=1S/C17H18N4O3/c1-11-14(20-24-19-11)9-16(22)21-8-4-5-12(10-21)17-18-13-6-2-3-7-15(13)23-17/h2-3,6-7,12H,4-5,8-10H2,1H3. The van der Waals surface area contributed by atoms with Gasteiger partial charge in [-0.15, -0.1) is 0 Å². The van der Waals surface area contributed by atoms with E-state index in [9.17, 15) is 4.79 Å². The lowest BCUT2D eigenvalue weighted by atomic mass is 9.97. The summed E-state index contributed by atoms with van der Waals surface area (Å²) in [5, 5.41) is 7.51. The quantitative estimate of drug-likeness (QED) is 0.735. The second-order valence-corrected chi connectivity index (χ2v) is 6.17. The number of oxazole rings is 1. The Morgan fingerprint density at radius 3 is 3.00 bits per heavy atom. The molecule has 1 unspecified atom stereocenters. The Kier molecular flexibility index (Phi) is 3.76. The van der Waals surface area contributed by atoms with Crippen molar-refractivity contribution in [3.63, 3.8) is 0 Å². The summed E-state index contributed by atoms with van der Waals surface area (Å²) in [5.74, 6) is 0.884. The van der Waals surface area contributed by atoms with E-state index in [0.29, 0.717) is 23.8 Å². The highest BCUT2D eigenvalue weighted by Crippen LogP contribution is 2.29. The third-order valence-corrected chi connectivity index (χ3v) is 4.50. The summed E-state index contributed by atoms with van der Waals surface area (Å²) in [6.45, 7) is 3.16. The number of benzene rings is 1. The molecule has 1 amide bonds. The van der Waals surface area contributed by atoms with Crippen LogP contribution in [0.5, 0.6) is 0 Å². The molecule has 1 aliphatic rings. The van der Waals surface area contributed by atoms with E-state index in [1.165, 1.54) is 0 Å². The lowest BCUT2D eigenvalue weighted by Gasteiger charge is -2.31. The number of carbonyl (C=O) groups is 1. The summed E-state index contributed by atoms with van der Waals surface area (Å²) in [6, 6.07) is 7.73. The first kappa shape index (κ1) is 14.9. The van der Waals surface area contributed by atoms with Gasteiger partial charge in [-0.2, -0.15) is 0 Å². The van der Waals surface area contributed by atoms with Crippen LogP contribution in [0.2, 0.25) is 0 Å². The highest BCUT2D eigenvalue weighted by atomic mass is 16.6. The Labute approximate surface area is 138 Å². The van der Waals surface area contributed by atoms with E-state index >= 15 is 0 Å². The van der Waals surface area contributed by atoms with Gasteiger partial charge in [0.05, 0.1) is 12.3 Å². The number of hydrogen-bond donors (Lipinski definition) is 0. The van der Waals surface area contributed by atoms with E-state index in [4.69, 9.17) is 4.42 Å². The van der Waals surface area contributed by atoms with E-state index in [0.717, 1.165) is 30.5 Å². The van der Waals surface area contributed by atoms with Crippen molar-refractivity contribution in [2.45, 2.75) is 32.1 Å². The van der Waals surface area contributed by atoms with Crippen LogP contribution < -0.4 is 0 Å². The number of likely N-dealkylation sites (tertiary alicyclic amines) is 1. The predicted molar refractivity (Wildman–Crippen MR) is 85.3 cm³/mol. The van der Waals surface area contributed by atoms with Crippen LogP contribution in [0.4, 0.5) is 0 Å².